The molecule has 0 radical (unpaired) electrons. The zero-order valence-corrected chi connectivity index (χ0v) is 18.5. The van der Waals surface area contributed by atoms with Gasteiger partial charge >= 0.3 is 0 Å². The van der Waals surface area contributed by atoms with Crippen LogP contribution < -0.4 is 15.2 Å². The van der Waals surface area contributed by atoms with Gasteiger partial charge in [0.25, 0.3) is 0 Å². The number of hydrogen-bond donors (Lipinski definition) is 1. The minimum absolute atomic E-state index is 0.0173. The number of benzene rings is 1. The van der Waals surface area contributed by atoms with Crippen LogP contribution in [0.25, 0.3) is 0 Å². The first-order valence-electron chi connectivity index (χ1n) is 10.4. The van der Waals surface area contributed by atoms with E-state index in [-0.39, 0.29) is 17.9 Å². The molecule has 3 rings (SSSR count). The molecule has 1 fully saturated rings. The Kier molecular flexibility index (Phi) is 6.36. The molecule has 2 aliphatic heterocycles. The minimum Gasteiger partial charge on any atom is -0.493 e. The van der Waals surface area contributed by atoms with Gasteiger partial charge in [0, 0.05) is 25.1 Å². The molecule has 1 aromatic rings. The van der Waals surface area contributed by atoms with Gasteiger partial charge in [-0.25, -0.2) is 5.01 Å². The number of methoxy groups -OCH3 is 2. The van der Waals surface area contributed by atoms with Crippen molar-refractivity contribution in [1.29, 1.82) is 0 Å². The van der Waals surface area contributed by atoms with Crippen LogP contribution in [0, 0.1) is 5.41 Å². The minimum atomic E-state index is -0.566. The number of nitrogens with two attached hydrogens (primary N) is 1. The van der Waals surface area contributed by atoms with Crippen molar-refractivity contribution in [3.63, 3.8) is 0 Å². The lowest BCUT2D eigenvalue weighted by molar-refractivity contribution is -0.145. The van der Waals surface area contributed by atoms with Crippen LogP contribution in [0.1, 0.15) is 45.6 Å². The van der Waals surface area contributed by atoms with E-state index < -0.39 is 11.5 Å². The summed E-state index contributed by atoms with van der Waals surface area (Å²) in [7, 11) is 3.20. The maximum atomic E-state index is 13.1. The summed E-state index contributed by atoms with van der Waals surface area (Å²) in [6, 6.07) is 5.14. The van der Waals surface area contributed by atoms with E-state index in [1.165, 1.54) is 0 Å². The molecule has 164 valence electrons. The first-order valence-corrected chi connectivity index (χ1v) is 10.4. The van der Waals surface area contributed by atoms with Crippen LogP contribution in [0.2, 0.25) is 0 Å². The molecule has 30 heavy (non-hydrogen) atoms. The standard InChI is InChI=1S/C22H32N4O4/c1-14(23)20(27)25-10-8-16(9-11-25)26-21(28)22(2,3)13-17(24-26)15-6-7-18(29-4)19(12-15)30-5/h6-7,12,14,16H,8-11,13,23H2,1-5H3/t14-/m1/s1. The third-order valence-electron chi connectivity index (χ3n) is 5.85. The van der Waals surface area contributed by atoms with Crippen LogP contribution >= 0.6 is 0 Å². The number of piperidine rings is 1. The SMILES string of the molecule is COc1ccc(C2=NN(C3CCN(C(=O)[C@@H](C)N)CC3)C(=O)C(C)(C)C2)cc1OC. The second-order valence-corrected chi connectivity index (χ2v) is 8.67. The number of likely N-dealkylation sites (tertiary alicyclic amines) is 1. The fourth-order valence-electron chi connectivity index (χ4n) is 4.06. The zero-order valence-electron chi connectivity index (χ0n) is 18.5. The van der Waals surface area contributed by atoms with Gasteiger partial charge in [-0.3, -0.25) is 9.59 Å². The smallest absolute Gasteiger partial charge is 0.248 e. The highest BCUT2D eigenvalue weighted by Crippen LogP contribution is 2.36. The molecule has 0 unspecified atom stereocenters. The van der Waals surface area contributed by atoms with Crippen molar-refractivity contribution in [2.24, 2.45) is 16.3 Å². The van der Waals surface area contributed by atoms with Gasteiger partial charge in [-0.05, 0) is 38.0 Å². The van der Waals surface area contributed by atoms with Crippen molar-refractivity contribution < 1.29 is 19.1 Å². The lowest BCUT2D eigenvalue weighted by Gasteiger charge is -2.42. The zero-order chi connectivity index (χ0) is 22.1. The Morgan fingerprint density at radius 3 is 2.40 bits per heavy atom. The molecule has 1 atom stereocenters. The molecule has 1 aromatic carbocycles. The van der Waals surface area contributed by atoms with Crippen molar-refractivity contribution in [1.82, 2.24) is 9.91 Å². The van der Waals surface area contributed by atoms with E-state index in [9.17, 15) is 9.59 Å². The summed E-state index contributed by atoms with van der Waals surface area (Å²) in [6.07, 6.45) is 1.91. The topological polar surface area (TPSA) is 97.5 Å². The molecule has 0 saturated carbocycles. The number of hydrazone groups is 1. The highest BCUT2D eigenvalue weighted by Gasteiger charge is 2.42. The summed E-state index contributed by atoms with van der Waals surface area (Å²) in [5, 5.41) is 6.41. The van der Waals surface area contributed by atoms with Gasteiger partial charge in [0.05, 0.1) is 37.4 Å². The summed E-state index contributed by atoms with van der Waals surface area (Å²) in [5.74, 6) is 1.25. The number of carbonyl (C=O) groups excluding carboxylic acids is 2. The van der Waals surface area contributed by atoms with Crippen LogP contribution in [0.15, 0.2) is 23.3 Å². The summed E-state index contributed by atoms with van der Waals surface area (Å²) >= 11 is 0. The van der Waals surface area contributed by atoms with Crippen LogP contribution in [0.3, 0.4) is 0 Å². The second-order valence-electron chi connectivity index (χ2n) is 8.67. The molecule has 2 amide bonds. The molecule has 2 heterocycles. The molecule has 1 saturated heterocycles. The lowest BCUT2D eigenvalue weighted by atomic mass is 9.82. The molecule has 0 bridgehead atoms. The normalized spacial score (nSPS) is 20.6. The van der Waals surface area contributed by atoms with E-state index in [0.29, 0.717) is 43.9 Å². The second kappa shape index (κ2) is 8.63. The van der Waals surface area contributed by atoms with Crippen molar-refractivity contribution in [2.45, 2.75) is 52.1 Å². The van der Waals surface area contributed by atoms with Crippen LogP contribution in [-0.2, 0) is 9.59 Å². The van der Waals surface area contributed by atoms with Crippen LogP contribution in [0.4, 0.5) is 0 Å². The van der Waals surface area contributed by atoms with E-state index in [1.807, 2.05) is 32.0 Å². The summed E-state index contributed by atoms with van der Waals surface area (Å²) in [6.45, 7) is 6.76. The largest absolute Gasteiger partial charge is 0.493 e. The summed E-state index contributed by atoms with van der Waals surface area (Å²) < 4.78 is 10.8. The van der Waals surface area contributed by atoms with Gasteiger partial charge in [-0.15, -0.1) is 0 Å². The quantitative estimate of drug-likeness (QED) is 0.792. The lowest BCUT2D eigenvalue weighted by Crippen LogP contribution is -2.54. The Morgan fingerprint density at radius 1 is 1.20 bits per heavy atom. The third-order valence-corrected chi connectivity index (χ3v) is 5.85. The first-order chi connectivity index (χ1) is 14.2. The predicted molar refractivity (Wildman–Crippen MR) is 115 cm³/mol. The molecular formula is C22H32N4O4. The number of hydrogen-bond acceptors (Lipinski definition) is 6. The van der Waals surface area contributed by atoms with Gasteiger partial charge < -0.3 is 20.1 Å². The van der Waals surface area contributed by atoms with Crippen molar-refractivity contribution in [2.75, 3.05) is 27.3 Å². The Labute approximate surface area is 178 Å². The molecule has 0 spiro atoms. The Hall–Kier alpha value is -2.61. The van der Waals surface area contributed by atoms with E-state index in [4.69, 9.17) is 20.3 Å². The number of nitrogens with zero attached hydrogens (tertiary/aromatic N) is 3. The average molecular weight is 417 g/mol. The molecule has 8 nitrogen and oxygen atoms in total. The Morgan fingerprint density at radius 2 is 1.83 bits per heavy atom. The van der Waals surface area contributed by atoms with Gasteiger partial charge in [0.15, 0.2) is 11.5 Å². The van der Waals surface area contributed by atoms with Crippen molar-refractivity contribution in [3.05, 3.63) is 23.8 Å². The van der Waals surface area contributed by atoms with Crippen molar-refractivity contribution >= 4 is 17.5 Å². The molecule has 2 aliphatic rings. The van der Waals surface area contributed by atoms with E-state index >= 15 is 0 Å². The number of carbonyl (C=O) groups is 2. The molecule has 0 aromatic heterocycles. The monoisotopic (exact) mass is 416 g/mol. The predicted octanol–water partition coefficient (Wildman–Crippen LogP) is 2.00. The van der Waals surface area contributed by atoms with E-state index in [2.05, 4.69) is 0 Å². The van der Waals surface area contributed by atoms with Crippen molar-refractivity contribution in [3.8, 4) is 11.5 Å². The molecule has 0 aliphatic carbocycles. The van der Waals surface area contributed by atoms with E-state index in [1.54, 1.807) is 31.1 Å². The van der Waals surface area contributed by atoms with E-state index in [0.717, 1.165) is 11.3 Å². The molecule has 8 heteroatoms. The highest BCUT2D eigenvalue weighted by molar-refractivity contribution is 6.06. The maximum Gasteiger partial charge on any atom is 0.248 e. The maximum absolute atomic E-state index is 13.1. The third kappa shape index (κ3) is 4.28. The van der Waals surface area contributed by atoms with Crippen LogP contribution in [0.5, 0.6) is 11.5 Å². The molecule has 2 N–H and O–H groups in total. The molecular weight excluding hydrogens is 384 g/mol. The highest BCUT2D eigenvalue weighted by atomic mass is 16.5. The summed E-state index contributed by atoms with van der Waals surface area (Å²) in [5.41, 5.74) is 6.91. The van der Waals surface area contributed by atoms with Gasteiger partial charge in [-0.2, -0.15) is 5.10 Å². The van der Waals surface area contributed by atoms with Crippen LogP contribution in [-0.4, -0.2) is 66.8 Å². The Bertz CT molecular complexity index is 842. The fourth-order valence-corrected chi connectivity index (χ4v) is 4.06. The number of amides is 2. The number of rotatable bonds is 5. The van der Waals surface area contributed by atoms with Gasteiger partial charge in [-0.1, -0.05) is 13.8 Å². The van der Waals surface area contributed by atoms with Gasteiger partial charge in [0.1, 0.15) is 0 Å². The first kappa shape index (κ1) is 22.1. The average Bonchev–Trinajstić information content (AvgIpc) is 2.74. The van der Waals surface area contributed by atoms with Gasteiger partial charge in [0.2, 0.25) is 11.8 Å². The summed E-state index contributed by atoms with van der Waals surface area (Å²) in [4.78, 5) is 27.1. The Balaban J connectivity index is 1.86. The fraction of sp³-hybridized carbons (Fsp3) is 0.591. The number of ether oxygens (including phenoxy) is 2.